The maximum Gasteiger partial charge on any atom is 0.319 e. The Labute approximate surface area is 224 Å². The van der Waals surface area contributed by atoms with Crippen LogP contribution in [0.25, 0.3) is 11.4 Å². The van der Waals surface area contributed by atoms with Crippen LogP contribution in [-0.4, -0.2) is 44.2 Å². The van der Waals surface area contributed by atoms with Gasteiger partial charge in [0.15, 0.2) is 5.69 Å². The van der Waals surface area contributed by atoms with Gasteiger partial charge in [-0.2, -0.15) is 4.98 Å². The molecule has 0 N–H and O–H groups in total. The summed E-state index contributed by atoms with van der Waals surface area (Å²) in [7, 11) is 4.64. The Morgan fingerprint density at radius 2 is 1.76 bits per heavy atom. The van der Waals surface area contributed by atoms with Gasteiger partial charge in [0.2, 0.25) is 5.88 Å². The van der Waals surface area contributed by atoms with Gasteiger partial charge < -0.3 is 18.6 Å². The monoisotopic (exact) mass is 534 g/mol. The lowest BCUT2D eigenvalue weighted by molar-refractivity contribution is 0.0989. The van der Waals surface area contributed by atoms with E-state index in [9.17, 15) is 9.59 Å². The van der Waals surface area contributed by atoms with Crippen LogP contribution in [0.2, 0.25) is 5.02 Å². The smallest absolute Gasteiger partial charge is 0.319 e. The van der Waals surface area contributed by atoms with Crippen LogP contribution >= 0.6 is 11.6 Å². The number of carbonyl (C=O) groups excluding carboxylic acids is 1. The summed E-state index contributed by atoms with van der Waals surface area (Å²) in [5.41, 5.74) is 3.04. The highest BCUT2D eigenvalue weighted by molar-refractivity contribution is 6.30. The summed E-state index contributed by atoms with van der Waals surface area (Å²) in [6.45, 7) is 5.88. The van der Waals surface area contributed by atoms with E-state index >= 15 is 0 Å². The molecule has 1 aliphatic rings. The van der Waals surface area contributed by atoms with E-state index in [1.165, 1.54) is 23.7 Å². The lowest BCUT2D eigenvalue weighted by Gasteiger charge is -2.28. The van der Waals surface area contributed by atoms with Gasteiger partial charge in [0.05, 0.1) is 25.5 Å². The lowest BCUT2D eigenvalue weighted by atomic mass is 10.0. The highest BCUT2D eigenvalue weighted by Gasteiger charge is 2.46. The third kappa shape index (κ3) is 4.01. The summed E-state index contributed by atoms with van der Waals surface area (Å²) < 4.78 is 14.1. The topological polar surface area (TPSA) is 104 Å². The Hall–Kier alpha value is -4.18. The molecular formula is C27H27ClN6O4. The van der Waals surface area contributed by atoms with E-state index in [-0.39, 0.29) is 40.8 Å². The first-order valence-corrected chi connectivity index (χ1v) is 12.4. The lowest BCUT2D eigenvalue weighted by Crippen LogP contribution is -2.36. The molecule has 1 atom stereocenters. The number of hydrogen-bond acceptors (Lipinski definition) is 7. The van der Waals surface area contributed by atoms with Crippen LogP contribution in [-0.2, 0) is 7.05 Å². The third-order valence-electron chi connectivity index (χ3n) is 6.50. The zero-order valence-corrected chi connectivity index (χ0v) is 22.6. The average molecular weight is 535 g/mol. The third-order valence-corrected chi connectivity index (χ3v) is 6.75. The maximum atomic E-state index is 14.1. The van der Waals surface area contributed by atoms with Crippen LogP contribution in [0, 0.1) is 6.92 Å². The quantitative estimate of drug-likeness (QED) is 0.362. The van der Waals surface area contributed by atoms with Gasteiger partial charge in [-0.3, -0.25) is 14.5 Å². The fraction of sp³-hybridized carbons (Fsp3) is 0.296. The number of methoxy groups -OCH3 is 2. The zero-order valence-electron chi connectivity index (χ0n) is 21.9. The second-order valence-electron chi connectivity index (χ2n) is 9.36. The molecule has 1 aromatic carbocycles. The summed E-state index contributed by atoms with van der Waals surface area (Å²) in [5, 5.41) is 0.564. The molecule has 1 amide bonds. The molecule has 0 saturated heterocycles. The van der Waals surface area contributed by atoms with Crippen molar-refractivity contribution in [2.75, 3.05) is 19.1 Å². The number of carbonyl (C=O) groups is 1. The molecule has 38 heavy (non-hydrogen) atoms. The molecule has 0 saturated carbocycles. The highest BCUT2D eigenvalue weighted by Crippen LogP contribution is 2.45. The van der Waals surface area contributed by atoms with E-state index in [4.69, 9.17) is 26.1 Å². The predicted molar refractivity (Wildman–Crippen MR) is 143 cm³/mol. The Morgan fingerprint density at radius 3 is 2.39 bits per heavy atom. The van der Waals surface area contributed by atoms with Gasteiger partial charge in [-0.1, -0.05) is 23.7 Å². The van der Waals surface area contributed by atoms with Crippen LogP contribution in [0.3, 0.4) is 0 Å². The van der Waals surface area contributed by atoms with Crippen LogP contribution in [0.5, 0.6) is 11.9 Å². The number of rotatable bonds is 6. The summed E-state index contributed by atoms with van der Waals surface area (Å²) >= 11 is 6.20. The van der Waals surface area contributed by atoms with E-state index in [2.05, 4.69) is 9.97 Å². The van der Waals surface area contributed by atoms with Crippen molar-refractivity contribution in [1.82, 2.24) is 24.1 Å². The number of aromatic nitrogens is 5. The van der Waals surface area contributed by atoms with E-state index in [0.717, 1.165) is 11.1 Å². The van der Waals surface area contributed by atoms with E-state index < -0.39 is 6.04 Å². The van der Waals surface area contributed by atoms with Crippen LogP contribution in [0.1, 0.15) is 53.2 Å². The Bertz CT molecular complexity index is 1610. The fourth-order valence-corrected chi connectivity index (χ4v) is 5.05. The molecule has 11 heteroatoms. The molecule has 196 valence electrons. The number of aryl methyl sites for hydroxylation is 2. The zero-order chi connectivity index (χ0) is 27.3. The van der Waals surface area contributed by atoms with Crippen LogP contribution in [0.15, 0.2) is 47.5 Å². The van der Waals surface area contributed by atoms with Crippen molar-refractivity contribution in [3.8, 4) is 23.3 Å². The number of pyridine rings is 1. The van der Waals surface area contributed by atoms with Crippen molar-refractivity contribution in [1.29, 1.82) is 0 Å². The Kier molecular flexibility index (Phi) is 6.44. The van der Waals surface area contributed by atoms with Crippen molar-refractivity contribution in [3.63, 3.8) is 0 Å². The number of benzene rings is 1. The summed E-state index contributed by atoms with van der Waals surface area (Å²) in [6.07, 6.45) is 3.30. The van der Waals surface area contributed by atoms with Crippen LogP contribution < -0.4 is 19.9 Å². The summed E-state index contributed by atoms with van der Waals surface area (Å²) in [4.78, 5) is 42.3. The van der Waals surface area contributed by atoms with Gasteiger partial charge in [-0.05, 0) is 50.1 Å². The van der Waals surface area contributed by atoms with Crippen molar-refractivity contribution in [2.45, 2.75) is 32.9 Å². The first-order chi connectivity index (χ1) is 18.2. The molecule has 5 rings (SSSR count). The second kappa shape index (κ2) is 9.60. The fourth-order valence-electron chi connectivity index (χ4n) is 4.92. The molecule has 0 bridgehead atoms. The summed E-state index contributed by atoms with van der Waals surface area (Å²) in [5.74, 6) is 0.368. The molecule has 0 spiro atoms. The molecule has 1 aliphatic heterocycles. The van der Waals surface area contributed by atoms with Gasteiger partial charge in [-0.15, -0.1) is 0 Å². The predicted octanol–water partition coefficient (Wildman–Crippen LogP) is 4.35. The van der Waals surface area contributed by atoms with Crippen molar-refractivity contribution in [2.24, 2.45) is 7.05 Å². The number of amides is 1. The largest absolute Gasteiger partial charge is 0.480 e. The first kappa shape index (κ1) is 25.5. The number of imidazole rings is 1. The number of hydrogen-bond donors (Lipinski definition) is 0. The minimum Gasteiger partial charge on any atom is -0.480 e. The van der Waals surface area contributed by atoms with Gasteiger partial charge in [0, 0.05) is 30.5 Å². The number of anilines is 1. The Morgan fingerprint density at radius 1 is 1.05 bits per heavy atom. The molecule has 0 fully saturated rings. The van der Waals surface area contributed by atoms with Crippen LogP contribution in [0.4, 0.5) is 5.69 Å². The number of ether oxygens (including phenoxy) is 2. The van der Waals surface area contributed by atoms with E-state index in [0.29, 0.717) is 22.1 Å². The van der Waals surface area contributed by atoms with Crippen molar-refractivity contribution < 1.29 is 14.3 Å². The molecule has 4 aromatic rings. The SMILES string of the molecule is COc1ncc(-c2nc3c(n2C(C)C)C(c2ccc(Cl)cc2)N(c2cc(C)cn(C)c2=O)C3=O)c(OC)n1. The van der Waals surface area contributed by atoms with E-state index in [1.807, 2.05) is 37.5 Å². The summed E-state index contributed by atoms with van der Waals surface area (Å²) in [6, 6.07) is 8.39. The molecular weight excluding hydrogens is 508 g/mol. The van der Waals surface area contributed by atoms with Crippen molar-refractivity contribution in [3.05, 3.63) is 80.6 Å². The van der Waals surface area contributed by atoms with E-state index in [1.54, 1.807) is 37.6 Å². The molecule has 1 unspecified atom stereocenters. The normalized spacial score (nSPS) is 14.8. The molecule has 4 heterocycles. The number of nitrogens with zero attached hydrogens (tertiary/aromatic N) is 6. The second-order valence-corrected chi connectivity index (χ2v) is 9.80. The standard InChI is InChI=1S/C27H27ClN6O4/c1-14(2)33-22-20(30-23(33)18-12-29-27(38-6)31-24(18)37-5)26(36)34(19-11-15(3)13-32(4)25(19)35)21(22)16-7-9-17(28)10-8-16/h7-14,21H,1-6H3. The molecule has 0 radical (unpaired) electrons. The first-order valence-electron chi connectivity index (χ1n) is 12.0. The van der Waals surface area contributed by atoms with Gasteiger partial charge in [0.1, 0.15) is 17.6 Å². The maximum absolute atomic E-state index is 14.1. The van der Waals surface area contributed by atoms with Gasteiger partial charge >= 0.3 is 6.01 Å². The molecule has 10 nitrogen and oxygen atoms in total. The molecule has 3 aromatic heterocycles. The van der Waals surface area contributed by atoms with Gasteiger partial charge in [0.25, 0.3) is 11.5 Å². The number of fused-ring (bicyclic) bond motifs is 1. The van der Waals surface area contributed by atoms with Crippen molar-refractivity contribution >= 4 is 23.2 Å². The average Bonchev–Trinajstić information content (AvgIpc) is 3.41. The number of halogens is 1. The minimum absolute atomic E-state index is 0.115. The molecule has 0 aliphatic carbocycles. The highest BCUT2D eigenvalue weighted by atomic mass is 35.5. The van der Waals surface area contributed by atoms with Gasteiger partial charge in [-0.25, -0.2) is 9.97 Å². The minimum atomic E-state index is -0.627. The Balaban J connectivity index is 1.81.